The van der Waals surface area contributed by atoms with Crippen molar-refractivity contribution in [2.75, 3.05) is 19.0 Å². The van der Waals surface area contributed by atoms with Gasteiger partial charge in [-0.2, -0.15) is 0 Å². The molecule has 0 unspecified atom stereocenters. The summed E-state index contributed by atoms with van der Waals surface area (Å²) in [6, 6.07) is 15.8. The second kappa shape index (κ2) is 7.10. The Balaban J connectivity index is 1.76. The van der Waals surface area contributed by atoms with Crippen molar-refractivity contribution in [1.82, 2.24) is 9.55 Å². The molecule has 3 aromatic heterocycles. The predicted molar refractivity (Wildman–Crippen MR) is 124 cm³/mol. The maximum atomic E-state index is 12.7. The molecular weight excluding hydrogens is 414 g/mol. The van der Waals surface area contributed by atoms with Crippen molar-refractivity contribution in [3.05, 3.63) is 91.0 Å². The number of hydrogen-bond acceptors (Lipinski definition) is 6. The first-order valence-corrected chi connectivity index (χ1v) is 10.4. The maximum Gasteiger partial charge on any atom is 0.333 e. The van der Waals surface area contributed by atoms with E-state index in [2.05, 4.69) is 4.98 Å². The SMILES string of the molecule is CN(C)c1cc(=O)c2scc(-c3cccc(-n4c(=O)[nH]c(=O)c5ccccc54)c3)c2o1. The minimum atomic E-state index is -0.516. The van der Waals surface area contributed by atoms with E-state index in [1.807, 2.05) is 37.7 Å². The highest BCUT2D eigenvalue weighted by Gasteiger charge is 2.16. The number of rotatable bonds is 3. The number of H-pyrrole nitrogens is 1. The third-order valence-electron chi connectivity index (χ3n) is 5.10. The first-order valence-electron chi connectivity index (χ1n) is 9.51. The van der Waals surface area contributed by atoms with Crippen LogP contribution in [0.4, 0.5) is 5.88 Å². The molecule has 0 saturated heterocycles. The van der Waals surface area contributed by atoms with Gasteiger partial charge in [-0.05, 0) is 29.8 Å². The highest BCUT2D eigenvalue weighted by molar-refractivity contribution is 7.17. The molecule has 0 bridgehead atoms. The van der Waals surface area contributed by atoms with Crippen LogP contribution in [0.2, 0.25) is 0 Å². The van der Waals surface area contributed by atoms with E-state index >= 15 is 0 Å². The zero-order chi connectivity index (χ0) is 21.7. The van der Waals surface area contributed by atoms with E-state index in [0.717, 1.165) is 11.1 Å². The number of nitrogens with one attached hydrogen (secondary N) is 1. The summed E-state index contributed by atoms with van der Waals surface area (Å²) in [5.41, 5.74) is 2.16. The molecule has 0 amide bonds. The molecule has 0 atom stereocenters. The Morgan fingerprint density at radius 2 is 1.81 bits per heavy atom. The first kappa shape index (κ1) is 19.1. The Morgan fingerprint density at radius 1 is 1.00 bits per heavy atom. The van der Waals surface area contributed by atoms with Crippen LogP contribution in [0.25, 0.3) is 38.0 Å². The summed E-state index contributed by atoms with van der Waals surface area (Å²) in [6.45, 7) is 0. The molecule has 5 rings (SSSR count). The number of thiophene rings is 1. The van der Waals surface area contributed by atoms with Gasteiger partial charge >= 0.3 is 5.69 Å². The predicted octanol–water partition coefficient (Wildman–Crippen LogP) is 3.58. The van der Waals surface area contributed by atoms with Crippen molar-refractivity contribution in [2.24, 2.45) is 0 Å². The Labute approximate surface area is 179 Å². The zero-order valence-corrected chi connectivity index (χ0v) is 17.5. The summed E-state index contributed by atoms with van der Waals surface area (Å²) in [4.78, 5) is 41.5. The second-order valence-electron chi connectivity index (χ2n) is 7.31. The quantitative estimate of drug-likeness (QED) is 0.472. The van der Waals surface area contributed by atoms with E-state index in [1.54, 1.807) is 35.2 Å². The molecule has 31 heavy (non-hydrogen) atoms. The van der Waals surface area contributed by atoms with E-state index < -0.39 is 11.2 Å². The number of fused-ring (bicyclic) bond motifs is 2. The van der Waals surface area contributed by atoms with Gasteiger partial charge in [-0.1, -0.05) is 24.3 Å². The average Bonchev–Trinajstić information content (AvgIpc) is 3.19. The van der Waals surface area contributed by atoms with Crippen molar-refractivity contribution < 1.29 is 4.42 Å². The van der Waals surface area contributed by atoms with Gasteiger partial charge in [0.2, 0.25) is 5.43 Å². The smallest absolute Gasteiger partial charge is 0.333 e. The summed E-state index contributed by atoms with van der Waals surface area (Å²) in [5, 5.41) is 2.30. The van der Waals surface area contributed by atoms with Crippen LogP contribution in [0.1, 0.15) is 0 Å². The van der Waals surface area contributed by atoms with Gasteiger partial charge in [-0.25, -0.2) is 4.79 Å². The van der Waals surface area contributed by atoms with E-state index in [-0.39, 0.29) is 5.43 Å². The lowest BCUT2D eigenvalue weighted by Gasteiger charge is -2.12. The third kappa shape index (κ3) is 3.08. The highest BCUT2D eigenvalue weighted by Crippen LogP contribution is 2.35. The third-order valence-corrected chi connectivity index (χ3v) is 6.08. The Bertz CT molecular complexity index is 1640. The highest BCUT2D eigenvalue weighted by atomic mass is 32.1. The van der Waals surface area contributed by atoms with E-state index in [0.29, 0.717) is 32.8 Å². The molecule has 3 heterocycles. The van der Waals surface area contributed by atoms with Gasteiger partial charge < -0.3 is 9.32 Å². The number of benzene rings is 2. The zero-order valence-electron chi connectivity index (χ0n) is 16.7. The topological polar surface area (TPSA) is 88.3 Å². The van der Waals surface area contributed by atoms with Gasteiger partial charge in [0.25, 0.3) is 5.56 Å². The fourth-order valence-corrected chi connectivity index (χ4v) is 4.52. The van der Waals surface area contributed by atoms with Crippen LogP contribution in [-0.2, 0) is 0 Å². The lowest BCUT2D eigenvalue weighted by atomic mass is 10.1. The van der Waals surface area contributed by atoms with Crippen LogP contribution in [0, 0.1) is 0 Å². The molecular formula is C23H17N3O4S. The van der Waals surface area contributed by atoms with Gasteiger partial charge in [0.05, 0.1) is 16.6 Å². The summed E-state index contributed by atoms with van der Waals surface area (Å²) in [5.74, 6) is 0.469. The molecule has 2 aromatic carbocycles. The molecule has 0 aliphatic heterocycles. The standard InChI is InChI=1S/C23H17N3O4S/c1-25(2)19-11-18(27)21-20(30-19)16(12-31-21)13-6-5-7-14(10-13)26-17-9-4-3-8-15(17)22(28)24-23(26)29/h3-12H,1-2H3,(H,24,28,29). The van der Waals surface area contributed by atoms with Crippen molar-refractivity contribution in [3.63, 3.8) is 0 Å². The molecule has 7 nitrogen and oxygen atoms in total. The largest absolute Gasteiger partial charge is 0.439 e. The summed E-state index contributed by atoms with van der Waals surface area (Å²) < 4.78 is 8.01. The summed E-state index contributed by atoms with van der Waals surface area (Å²) in [7, 11) is 3.62. The number of para-hydroxylation sites is 1. The molecule has 1 N–H and O–H groups in total. The number of nitrogens with zero attached hydrogens (tertiary/aromatic N) is 2. The van der Waals surface area contributed by atoms with Crippen LogP contribution in [-0.4, -0.2) is 23.6 Å². The molecule has 8 heteroatoms. The molecule has 0 aliphatic rings. The second-order valence-corrected chi connectivity index (χ2v) is 8.19. The lowest BCUT2D eigenvalue weighted by Crippen LogP contribution is -2.29. The molecule has 0 saturated carbocycles. The summed E-state index contributed by atoms with van der Waals surface area (Å²) >= 11 is 1.32. The minimum Gasteiger partial charge on any atom is -0.439 e. The van der Waals surface area contributed by atoms with Gasteiger partial charge in [-0.15, -0.1) is 11.3 Å². The number of aromatic nitrogens is 2. The van der Waals surface area contributed by atoms with Gasteiger partial charge in [-0.3, -0.25) is 19.1 Å². The number of anilines is 1. The van der Waals surface area contributed by atoms with Crippen LogP contribution in [0.5, 0.6) is 0 Å². The van der Waals surface area contributed by atoms with Gasteiger partial charge in [0.1, 0.15) is 4.70 Å². The van der Waals surface area contributed by atoms with Crippen molar-refractivity contribution >= 4 is 38.4 Å². The van der Waals surface area contributed by atoms with Gasteiger partial charge in [0, 0.05) is 31.1 Å². The average molecular weight is 431 g/mol. The minimum absolute atomic E-state index is 0.0970. The first-order chi connectivity index (χ1) is 14.9. The molecule has 0 radical (unpaired) electrons. The van der Waals surface area contributed by atoms with Gasteiger partial charge in [0.15, 0.2) is 11.5 Å². The maximum absolute atomic E-state index is 12.7. The molecule has 0 aliphatic carbocycles. The van der Waals surface area contributed by atoms with Crippen molar-refractivity contribution in [2.45, 2.75) is 0 Å². The number of hydrogen-bond donors (Lipinski definition) is 1. The van der Waals surface area contributed by atoms with E-state index in [9.17, 15) is 14.4 Å². The van der Waals surface area contributed by atoms with Crippen molar-refractivity contribution in [1.29, 1.82) is 0 Å². The lowest BCUT2D eigenvalue weighted by molar-refractivity contribution is 0.599. The Hall–Kier alpha value is -3.91. The summed E-state index contributed by atoms with van der Waals surface area (Å²) in [6.07, 6.45) is 0. The Kier molecular flexibility index (Phi) is 4.37. The fourth-order valence-electron chi connectivity index (χ4n) is 3.61. The molecule has 154 valence electrons. The van der Waals surface area contributed by atoms with E-state index in [1.165, 1.54) is 22.0 Å². The fraction of sp³-hybridized carbons (Fsp3) is 0.0870. The van der Waals surface area contributed by atoms with E-state index in [4.69, 9.17) is 4.42 Å². The normalized spacial score (nSPS) is 11.3. The van der Waals surface area contributed by atoms with Crippen LogP contribution in [0.3, 0.4) is 0 Å². The molecule has 0 fully saturated rings. The monoisotopic (exact) mass is 431 g/mol. The Morgan fingerprint density at radius 3 is 2.61 bits per heavy atom. The van der Waals surface area contributed by atoms with Crippen LogP contribution >= 0.6 is 11.3 Å². The van der Waals surface area contributed by atoms with Crippen molar-refractivity contribution in [3.8, 4) is 16.8 Å². The molecule has 0 spiro atoms. The van der Waals surface area contributed by atoms with Crippen LogP contribution < -0.4 is 21.6 Å². The molecule has 5 aromatic rings. The number of aromatic amines is 1. The van der Waals surface area contributed by atoms with Crippen LogP contribution in [0.15, 0.2) is 78.8 Å².